The number of anilines is 1. The van der Waals surface area contributed by atoms with E-state index in [9.17, 15) is 0 Å². The van der Waals surface area contributed by atoms with Crippen LogP contribution in [0.25, 0.3) is 0 Å². The minimum Gasteiger partial charge on any atom is -0.382 e. The second-order valence-electron chi connectivity index (χ2n) is 4.15. The Morgan fingerprint density at radius 2 is 2.14 bits per heavy atom. The molecule has 0 aliphatic rings. The first kappa shape index (κ1) is 10.6. The third kappa shape index (κ3) is 1.71. The van der Waals surface area contributed by atoms with Crippen LogP contribution in [0.3, 0.4) is 0 Å². The van der Waals surface area contributed by atoms with E-state index in [0.29, 0.717) is 5.69 Å². The van der Waals surface area contributed by atoms with Crippen molar-refractivity contribution in [3.05, 3.63) is 12.0 Å². The number of nitrogens with zero attached hydrogens (tertiary/aromatic N) is 2. The molecule has 0 bridgehead atoms. The molecule has 1 aromatic heterocycles. The molecule has 1 heterocycles. The normalized spacial score (nSPS) is 11.4. The first-order valence-electron chi connectivity index (χ1n) is 4.48. The van der Waals surface area contributed by atoms with Gasteiger partial charge in [-0.3, -0.25) is 5.41 Å². The predicted molar refractivity (Wildman–Crippen MR) is 57.8 cm³/mol. The van der Waals surface area contributed by atoms with Crippen LogP contribution < -0.4 is 11.1 Å². The molecule has 0 saturated carbocycles. The lowest BCUT2D eigenvalue weighted by Crippen LogP contribution is -2.23. The molecule has 0 aromatic carbocycles. The van der Waals surface area contributed by atoms with Crippen LogP contribution in [0, 0.1) is 5.41 Å². The van der Waals surface area contributed by atoms with Crippen LogP contribution in [0.2, 0.25) is 0 Å². The van der Waals surface area contributed by atoms with Gasteiger partial charge >= 0.3 is 0 Å². The highest BCUT2D eigenvalue weighted by atomic mass is 15.2. The van der Waals surface area contributed by atoms with E-state index in [0.717, 1.165) is 5.82 Å². The van der Waals surface area contributed by atoms with Gasteiger partial charge in [0.05, 0.1) is 6.33 Å². The van der Waals surface area contributed by atoms with Crippen LogP contribution in [-0.4, -0.2) is 22.4 Å². The number of aromatic nitrogens is 2. The van der Waals surface area contributed by atoms with Crippen molar-refractivity contribution in [1.82, 2.24) is 9.55 Å². The zero-order valence-electron chi connectivity index (χ0n) is 9.05. The van der Waals surface area contributed by atoms with Gasteiger partial charge in [-0.1, -0.05) is 0 Å². The molecule has 5 heteroatoms. The summed E-state index contributed by atoms with van der Waals surface area (Å²) < 4.78 is 1.96. The van der Waals surface area contributed by atoms with Crippen molar-refractivity contribution in [1.29, 1.82) is 5.41 Å². The fourth-order valence-electron chi connectivity index (χ4n) is 1.29. The van der Waals surface area contributed by atoms with Crippen molar-refractivity contribution in [2.24, 2.45) is 5.73 Å². The smallest absolute Gasteiger partial charge is 0.147 e. The Hall–Kier alpha value is -1.52. The molecular weight excluding hydrogens is 178 g/mol. The summed E-state index contributed by atoms with van der Waals surface area (Å²) in [5, 5.41) is 10.4. The van der Waals surface area contributed by atoms with E-state index in [-0.39, 0.29) is 11.4 Å². The van der Waals surface area contributed by atoms with Gasteiger partial charge in [-0.25, -0.2) is 4.98 Å². The Bertz CT molecular complexity index is 345. The van der Waals surface area contributed by atoms with Gasteiger partial charge in [0.2, 0.25) is 0 Å². The maximum atomic E-state index is 7.36. The van der Waals surface area contributed by atoms with Gasteiger partial charge in [-0.15, -0.1) is 0 Å². The zero-order valence-corrected chi connectivity index (χ0v) is 9.05. The second kappa shape index (κ2) is 3.32. The molecule has 1 rings (SSSR count). The summed E-state index contributed by atoms with van der Waals surface area (Å²) in [6.07, 6.45) is 1.70. The Balaban J connectivity index is 3.28. The molecule has 0 unspecified atom stereocenters. The maximum absolute atomic E-state index is 7.36. The van der Waals surface area contributed by atoms with E-state index in [1.165, 1.54) is 0 Å². The van der Waals surface area contributed by atoms with E-state index in [1.807, 2.05) is 4.57 Å². The molecule has 0 fully saturated rings. The van der Waals surface area contributed by atoms with Crippen LogP contribution in [0.4, 0.5) is 5.82 Å². The van der Waals surface area contributed by atoms with Crippen molar-refractivity contribution in [3.8, 4) is 0 Å². The van der Waals surface area contributed by atoms with Crippen molar-refractivity contribution < 1.29 is 0 Å². The van der Waals surface area contributed by atoms with Crippen LogP contribution in [-0.2, 0) is 5.54 Å². The van der Waals surface area contributed by atoms with E-state index < -0.39 is 0 Å². The van der Waals surface area contributed by atoms with Gasteiger partial charge in [0, 0.05) is 12.6 Å². The average molecular weight is 195 g/mol. The Morgan fingerprint density at radius 1 is 1.57 bits per heavy atom. The number of rotatable bonds is 2. The summed E-state index contributed by atoms with van der Waals surface area (Å²) in [6, 6.07) is 0. The van der Waals surface area contributed by atoms with E-state index >= 15 is 0 Å². The molecule has 0 aliphatic carbocycles. The van der Waals surface area contributed by atoms with E-state index in [2.05, 4.69) is 31.1 Å². The predicted octanol–water partition coefficient (Wildman–Crippen LogP) is 0.964. The SMILES string of the molecule is CNc1c(C(=N)N)ncn1C(C)(C)C. The van der Waals surface area contributed by atoms with Crippen molar-refractivity contribution in [2.45, 2.75) is 26.3 Å². The highest BCUT2D eigenvalue weighted by Gasteiger charge is 2.20. The number of nitrogen functional groups attached to an aromatic ring is 1. The number of imidazole rings is 1. The van der Waals surface area contributed by atoms with Gasteiger partial charge in [0.25, 0.3) is 0 Å². The number of hydrogen-bond acceptors (Lipinski definition) is 3. The quantitative estimate of drug-likeness (QED) is 0.486. The molecule has 78 valence electrons. The van der Waals surface area contributed by atoms with Gasteiger partial charge < -0.3 is 15.6 Å². The van der Waals surface area contributed by atoms with E-state index in [4.69, 9.17) is 11.1 Å². The molecule has 0 spiro atoms. The summed E-state index contributed by atoms with van der Waals surface area (Å²) in [6.45, 7) is 6.21. The van der Waals surface area contributed by atoms with Gasteiger partial charge in [-0.05, 0) is 20.8 Å². The lowest BCUT2D eigenvalue weighted by molar-refractivity contribution is 0.401. The highest BCUT2D eigenvalue weighted by molar-refractivity contribution is 5.97. The van der Waals surface area contributed by atoms with Crippen LogP contribution in [0.5, 0.6) is 0 Å². The molecule has 0 amide bonds. The van der Waals surface area contributed by atoms with Gasteiger partial charge in [0.1, 0.15) is 17.3 Å². The first-order valence-corrected chi connectivity index (χ1v) is 4.48. The summed E-state index contributed by atoms with van der Waals surface area (Å²) in [4.78, 5) is 4.10. The highest BCUT2D eigenvalue weighted by Crippen LogP contribution is 2.22. The van der Waals surface area contributed by atoms with Crippen LogP contribution in [0.15, 0.2) is 6.33 Å². The largest absolute Gasteiger partial charge is 0.382 e. The summed E-state index contributed by atoms with van der Waals surface area (Å²) >= 11 is 0. The van der Waals surface area contributed by atoms with Gasteiger partial charge in [0.15, 0.2) is 0 Å². The van der Waals surface area contributed by atoms with Crippen molar-refractivity contribution >= 4 is 11.7 Å². The third-order valence-electron chi connectivity index (χ3n) is 1.98. The first-order chi connectivity index (χ1) is 6.38. The molecule has 5 nitrogen and oxygen atoms in total. The summed E-state index contributed by atoms with van der Waals surface area (Å²) in [5.74, 6) is 0.766. The maximum Gasteiger partial charge on any atom is 0.147 e. The molecule has 14 heavy (non-hydrogen) atoms. The molecule has 4 N–H and O–H groups in total. The van der Waals surface area contributed by atoms with Crippen molar-refractivity contribution in [3.63, 3.8) is 0 Å². The number of nitrogens with one attached hydrogen (secondary N) is 2. The minimum absolute atomic E-state index is 0.0163. The second-order valence-corrected chi connectivity index (χ2v) is 4.15. The molecule has 0 aliphatic heterocycles. The average Bonchev–Trinajstić information content (AvgIpc) is 2.45. The minimum atomic E-state index is -0.0704. The lowest BCUT2D eigenvalue weighted by Gasteiger charge is -2.23. The number of amidine groups is 1. The third-order valence-corrected chi connectivity index (χ3v) is 1.98. The number of nitrogens with two attached hydrogens (primary N) is 1. The fourth-order valence-corrected chi connectivity index (χ4v) is 1.29. The van der Waals surface area contributed by atoms with Crippen LogP contribution in [0.1, 0.15) is 26.5 Å². The van der Waals surface area contributed by atoms with Gasteiger partial charge in [-0.2, -0.15) is 0 Å². The molecule has 0 saturated heterocycles. The zero-order chi connectivity index (χ0) is 10.9. The Kier molecular flexibility index (Phi) is 2.51. The molecule has 0 atom stereocenters. The lowest BCUT2D eigenvalue weighted by atomic mass is 10.1. The Labute approximate surface area is 83.8 Å². The molecule has 0 radical (unpaired) electrons. The summed E-state index contributed by atoms with van der Waals surface area (Å²) in [7, 11) is 1.80. The molecular formula is C9H17N5. The fraction of sp³-hybridized carbons (Fsp3) is 0.556. The van der Waals surface area contributed by atoms with Crippen molar-refractivity contribution in [2.75, 3.05) is 12.4 Å². The summed E-state index contributed by atoms with van der Waals surface area (Å²) in [5.41, 5.74) is 5.85. The standard InChI is InChI=1S/C9H17N5/c1-9(2,3)14-5-13-6(7(10)11)8(14)12-4/h5,12H,1-4H3,(H3,10,11). The Morgan fingerprint density at radius 3 is 2.50 bits per heavy atom. The molecule has 1 aromatic rings. The van der Waals surface area contributed by atoms with Crippen LogP contribution >= 0.6 is 0 Å². The topological polar surface area (TPSA) is 79.7 Å². The van der Waals surface area contributed by atoms with E-state index in [1.54, 1.807) is 13.4 Å². The monoisotopic (exact) mass is 195 g/mol. The number of hydrogen-bond donors (Lipinski definition) is 3.